The van der Waals surface area contributed by atoms with Gasteiger partial charge in [-0.3, -0.25) is 24.3 Å². The minimum atomic E-state index is -1.25. The third kappa shape index (κ3) is 6.52. The summed E-state index contributed by atoms with van der Waals surface area (Å²) in [5.74, 6) is -2.32. The van der Waals surface area contributed by atoms with Crippen LogP contribution in [0, 0.1) is 0 Å². The molecule has 32 heavy (non-hydrogen) atoms. The van der Waals surface area contributed by atoms with Crippen LogP contribution in [0.4, 0.5) is 0 Å². The molecule has 1 fully saturated rings. The number of likely N-dealkylation sites (N-methyl/N-ethyl adjacent to an activating group) is 1. The number of carbonyl (C=O) groups is 3. The van der Waals surface area contributed by atoms with Crippen LogP contribution in [0.1, 0.15) is 24.0 Å². The molecule has 9 heteroatoms. The van der Waals surface area contributed by atoms with Gasteiger partial charge in [-0.15, -0.1) is 0 Å². The van der Waals surface area contributed by atoms with Crippen molar-refractivity contribution >= 4 is 30.7 Å². The average Bonchev–Trinajstić information content (AvgIpc) is 2.78. The third-order valence-electron chi connectivity index (χ3n) is 4.87. The van der Waals surface area contributed by atoms with Gasteiger partial charge in [-0.2, -0.15) is 0 Å². The maximum Gasteiger partial charge on any atom is 0.625 e. The molecule has 1 heterocycles. The highest BCUT2D eigenvalue weighted by Gasteiger charge is 2.40. The number of rotatable bonds is 7. The third-order valence-corrected chi connectivity index (χ3v) is 4.87. The van der Waals surface area contributed by atoms with Crippen LogP contribution in [0.2, 0.25) is 0 Å². The van der Waals surface area contributed by atoms with E-state index in [0.717, 1.165) is 11.1 Å². The summed E-state index contributed by atoms with van der Waals surface area (Å²) in [4.78, 5) is 42.8. The number of aliphatic imine (C=N–C) groups is 1. The van der Waals surface area contributed by atoms with Gasteiger partial charge in [-0.1, -0.05) is 60.7 Å². The summed E-state index contributed by atoms with van der Waals surface area (Å²) in [5.41, 5.74) is 2.31. The molecule has 2 aromatic rings. The number of benzene rings is 2. The van der Waals surface area contributed by atoms with Crippen molar-refractivity contribution in [3.63, 3.8) is 0 Å². The molecule has 0 aliphatic carbocycles. The molecule has 2 aromatic carbocycles. The SMILES string of the molecule is COC(=O)CCC(N=C(c1ccccc1)c1ccccc1)B1OC(=O)CN(C)CC(=O)O1. The largest absolute Gasteiger partial charge is 0.625 e. The first-order valence-corrected chi connectivity index (χ1v) is 10.3. The number of methoxy groups -OCH3 is 1. The molecular formula is C23H25BN2O6. The van der Waals surface area contributed by atoms with Crippen LogP contribution >= 0.6 is 0 Å². The van der Waals surface area contributed by atoms with E-state index in [1.165, 1.54) is 12.0 Å². The normalized spacial score (nSPS) is 15.6. The van der Waals surface area contributed by atoms with Crippen molar-refractivity contribution in [1.82, 2.24) is 4.90 Å². The molecule has 3 rings (SSSR count). The predicted molar refractivity (Wildman–Crippen MR) is 119 cm³/mol. The molecule has 0 radical (unpaired) electrons. The minimum absolute atomic E-state index is 0.0209. The zero-order valence-corrected chi connectivity index (χ0v) is 18.1. The van der Waals surface area contributed by atoms with Gasteiger partial charge in [0.25, 0.3) is 0 Å². The Balaban J connectivity index is 2.01. The lowest BCUT2D eigenvalue weighted by atomic mass is 9.75. The number of hydrogen-bond donors (Lipinski definition) is 0. The Kier molecular flexibility index (Phi) is 8.16. The fourth-order valence-electron chi connectivity index (χ4n) is 3.31. The highest BCUT2D eigenvalue weighted by Crippen LogP contribution is 2.18. The summed E-state index contributed by atoms with van der Waals surface area (Å²) in [6.45, 7) is -0.105. The van der Waals surface area contributed by atoms with Crippen molar-refractivity contribution in [3.8, 4) is 0 Å². The zero-order chi connectivity index (χ0) is 22.9. The molecule has 0 aromatic heterocycles. The maximum absolute atomic E-state index is 12.3. The highest BCUT2D eigenvalue weighted by molar-refractivity contribution is 6.51. The van der Waals surface area contributed by atoms with E-state index in [9.17, 15) is 14.4 Å². The quantitative estimate of drug-likeness (QED) is 0.372. The lowest BCUT2D eigenvalue weighted by Gasteiger charge is -2.26. The molecule has 0 bridgehead atoms. The smallest absolute Gasteiger partial charge is 0.497 e. The van der Waals surface area contributed by atoms with Crippen molar-refractivity contribution in [3.05, 3.63) is 71.8 Å². The zero-order valence-electron chi connectivity index (χ0n) is 18.1. The van der Waals surface area contributed by atoms with Crippen LogP contribution in [0.15, 0.2) is 65.7 Å². The molecular weight excluding hydrogens is 411 g/mol. The molecule has 0 amide bonds. The summed E-state index contributed by atoms with van der Waals surface area (Å²) >= 11 is 0. The Morgan fingerprint density at radius 3 is 1.97 bits per heavy atom. The molecule has 0 N–H and O–H groups in total. The van der Waals surface area contributed by atoms with E-state index in [2.05, 4.69) is 0 Å². The number of hydrogen-bond acceptors (Lipinski definition) is 8. The second-order valence-electron chi connectivity index (χ2n) is 7.41. The molecule has 1 aliphatic rings. The second-order valence-corrected chi connectivity index (χ2v) is 7.41. The Morgan fingerprint density at radius 1 is 1.00 bits per heavy atom. The van der Waals surface area contributed by atoms with Gasteiger partial charge < -0.3 is 14.0 Å². The molecule has 0 spiro atoms. The summed E-state index contributed by atoms with van der Waals surface area (Å²) < 4.78 is 15.7. The summed E-state index contributed by atoms with van der Waals surface area (Å²) in [7, 11) is 1.67. The molecule has 1 saturated heterocycles. The van der Waals surface area contributed by atoms with Crippen molar-refractivity contribution in [2.45, 2.75) is 18.8 Å². The molecule has 1 atom stereocenters. The van der Waals surface area contributed by atoms with E-state index in [4.69, 9.17) is 19.0 Å². The standard InChI is InChI=1S/C23H25BN2O6/c1-26-15-21(28)31-24(32-22(29)16-26)19(13-14-20(27)30-2)25-23(17-9-5-3-6-10-17)18-11-7-4-8-12-18/h3-12,19H,13-16H2,1-2H3. The van der Waals surface area contributed by atoms with Gasteiger partial charge >= 0.3 is 25.0 Å². The second kappa shape index (κ2) is 11.2. The van der Waals surface area contributed by atoms with E-state index in [-0.39, 0.29) is 25.9 Å². The lowest BCUT2D eigenvalue weighted by Crippen LogP contribution is -2.47. The van der Waals surface area contributed by atoms with Gasteiger partial charge in [0.1, 0.15) is 5.94 Å². The lowest BCUT2D eigenvalue weighted by molar-refractivity contribution is -0.146. The van der Waals surface area contributed by atoms with Crippen molar-refractivity contribution in [1.29, 1.82) is 0 Å². The number of esters is 1. The van der Waals surface area contributed by atoms with Crippen LogP contribution in [-0.4, -0.2) is 68.8 Å². The fraction of sp³-hybridized carbons (Fsp3) is 0.304. The first-order chi connectivity index (χ1) is 15.5. The van der Waals surface area contributed by atoms with Crippen molar-refractivity contribution in [2.75, 3.05) is 27.2 Å². The van der Waals surface area contributed by atoms with Gasteiger partial charge in [0.2, 0.25) is 0 Å². The van der Waals surface area contributed by atoms with Gasteiger partial charge in [-0.05, 0) is 13.5 Å². The number of nitrogens with zero attached hydrogens (tertiary/aromatic N) is 2. The van der Waals surface area contributed by atoms with Gasteiger partial charge in [0.15, 0.2) is 0 Å². The van der Waals surface area contributed by atoms with E-state index in [0.29, 0.717) is 5.71 Å². The number of carbonyl (C=O) groups excluding carboxylic acids is 3. The Labute approximate surface area is 187 Å². The van der Waals surface area contributed by atoms with Gasteiger partial charge in [0, 0.05) is 17.5 Å². The van der Waals surface area contributed by atoms with Crippen molar-refractivity contribution < 1.29 is 28.4 Å². The summed E-state index contributed by atoms with van der Waals surface area (Å²) in [6.07, 6.45) is 0.184. The minimum Gasteiger partial charge on any atom is -0.497 e. The average molecular weight is 436 g/mol. The first-order valence-electron chi connectivity index (χ1n) is 10.3. The monoisotopic (exact) mass is 436 g/mol. The maximum atomic E-state index is 12.3. The molecule has 166 valence electrons. The molecule has 1 unspecified atom stereocenters. The van der Waals surface area contributed by atoms with Crippen LogP contribution in [-0.2, 0) is 28.4 Å². The Hall–Kier alpha value is -3.46. The van der Waals surface area contributed by atoms with Crippen LogP contribution in [0.25, 0.3) is 0 Å². The first kappa shape index (κ1) is 23.2. The summed E-state index contributed by atoms with van der Waals surface area (Å²) in [6, 6.07) is 19.0. The van der Waals surface area contributed by atoms with E-state index >= 15 is 0 Å². The van der Waals surface area contributed by atoms with Crippen molar-refractivity contribution in [2.24, 2.45) is 4.99 Å². The summed E-state index contributed by atoms with van der Waals surface area (Å²) in [5, 5.41) is 0. The molecule has 0 saturated carbocycles. The van der Waals surface area contributed by atoms with Crippen LogP contribution < -0.4 is 0 Å². The van der Waals surface area contributed by atoms with Crippen LogP contribution in [0.5, 0.6) is 0 Å². The topological polar surface area (TPSA) is 94.5 Å². The molecule has 8 nitrogen and oxygen atoms in total. The molecule has 1 aliphatic heterocycles. The number of ether oxygens (including phenoxy) is 1. The van der Waals surface area contributed by atoms with Gasteiger partial charge in [-0.25, -0.2) is 0 Å². The highest BCUT2D eigenvalue weighted by atomic mass is 16.6. The van der Waals surface area contributed by atoms with Gasteiger partial charge in [0.05, 0.1) is 25.9 Å². The van der Waals surface area contributed by atoms with E-state index in [1.54, 1.807) is 7.05 Å². The van der Waals surface area contributed by atoms with Crippen LogP contribution in [0.3, 0.4) is 0 Å². The fourth-order valence-corrected chi connectivity index (χ4v) is 3.31. The Bertz CT molecular complexity index is 905. The van der Waals surface area contributed by atoms with E-state index in [1.807, 2.05) is 60.7 Å². The predicted octanol–water partition coefficient (Wildman–Crippen LogP) is 1.90. The Morgan fingerprint density at radius 2 is 1.50 bits per heavy atom. The van der Waals surface area contributed by atoms with E-state index < -0.39 is 31.0 Å².